The lowest BCUT2D eigenvalue weighted by molar-refractivity contribution is -0.122. The zero-order chi connectivity index (χ0) is 16.1. The van der Waals surface area contributed by atoms with E-state index in [1.165, 1.54) is 17.0 Å². The van der Waals surface area contributed by atoms with Crippen LogP contribution in [0.3, 0.4) is 0 Å². The molecule has 0 unspecified atom stereocenters. The van der Waals surface area contributed by atoms with Crippen molar-refractivity contribution in [2.75, 3.05) is 13.2 Å². The first-order valence-corrected chi connectivity index (χ1v) is 7.98. The molecule has 0 atom stereocenters. The van der Waals surface area contributed by atoms with Gasteiger partial charge in [-0.2, -0.15) is 0 Å². The number of ether oxygens (including phenoxy) is 1. The zero-order valence-electron chi connectivity index (χ0n) is 13.0. The second-order valence-corrected chi connectivity index (χ2v) is 5.82. The summed E-state index contributed by atoms with van der Waals surface area (Å²) in [7, 11) is 0. The van der Waals surface area contributed by atoms with Crippen LogP contribution < -0.4 is 0 Å². The Bertz CT molecular complexity index is 663. The third kappa shape index (κ3) is 3.42. The Kier molecular flexibility index (Phi) is 5.02. The lowest BCUT2D eigenvalue weighted by Gasteiger charge is -2.22. The normalized spacial score (nSPS) is 17.2. The van der Waals surface area contributed by atoms with E-state index in [9.17, 15) is 0 Å². The molecular weight excluding hydrogens is 294 g/mol. The van der Waals surface area contributed by atoms with E-state index in [4.69, 9.17) is 14.6 Å². The Morgan fingerprint density at radius 1 is 1.13 bits per heavy atom. The molecule has 122 valence electrons. The molecule has 0 radical (unpaired) electrons. The summed E-state index contributed by atoms with van der Waals surface area (Å²) in [6.45, 7) is 2.37. The molecule has 1 aromatic carbocycles. The minimum absolute atomic E-state index is 0.250. The molecule has 0 saturated carbocycles. The molecule has 1 N–H and O–H groups in total. The van der Waals surface area contributed by atoms with Crippen molar-refractivity contribution in [2.24, 2.45) is 0 Å². The fraction of sp³-hybridized carbons (Fsp3) is 0.471. The fourth-order valence-corrected chi connectivity index (χ4v) is 3.34. The topological polar surface area (TPSA) is 77.2 Å². The second kappa shape index (κ2) is 7.37. The molecule has 3 heterocycles. The monoisotopic (exact) mass is 315 g/mol. The molecule has 0 bridgehead atoms. The van der Waals surface area contributed by atoms with Gasteiger partial charge < -0.3 is 14.4 Å². The summed E-state index contributed by atoms with van der Waals surface area (Å²) in [6.07, 6.45) is 4.20. The van der Waals surface area contributed by atoms with Crippen LogP contribution in [0.15, 0.2) is 24.3 Å². The van der Waals surface area contributed by atoms with Crippen LogP contribution in [0.25, 0.3) is 0 Å². The number of fused-ring (bicyclic) bond motifs is 2. The van der Waals surface area contributed by atoms with Crippen LogP contribution in [-0.4, -0.2) is 39.6 Å². The minimum Gasteiger partial charge on any atom is -0.483 e. The van der Waals surface area contributed by atoms with Gasteiger partial charge in [-0.15, -0.1) is 10.2 Å². The van der Waals surface area contributed by atoms with Gasteiger partial charge >= 0.3 is 0 Å². The number of hydrogen-bond acceptors (Lipinski definition) is 4. The van der Waals surface area contributed by atoms with E-state index in [0.29, 0.717) is 5.92 Å². The number of hydrogen-bond donors (Lipinski definition) is 1. The Morgan fingerprint density at radius 2 is 1.83 bits per heavy atom. The average molecular weight is 315 g/mol. The van der Waals surface area contributed by atoms with Crippen LogP contribution in [0.2, 0.25) is 0 Å². The van der Waals surface area contributed by atoms with Crippen molar-refractivity contribution in [2.45, 2.75) is 38.1 Å². The quantitative estimate of drug-likeness (QED) is 0.815. The largest absolute Gasteiger partial charge is 0.483 e. The average Bonchev–Trinajstić information content (AvgIpc) is 2.89. The lowest BCUT2D eigenvalue weighted by Crippen LogP contribution is -2.19. The van der Waals surface area contributed by atoms with Crippen molar-refractivity contribution in [3.8, 4) is 0 Å². The Morgan fingerprint density at radius 3 is 2.57 bits per heavy atom. The van der Waals surface area contributed by atoms with E-state index in [2.05, 4.69) is 39.0 Å². The van der Waals surface area contributed by atoms with E-state index in [1.54, 1.807) is 0 Å². The maximum absolute atomic E-state index is 8.36. The van der Waals surface area contributed by atoms with Crippen LogP contribution in [0.4, 0.5) is 0 Å². The van der Waals surface area contributed by atoms with Gasteiger partial charge in [0.05, 0.1) is 6.54 Å². The van der Waals surface area contributed by atoms with Gasteiger partial charge in [0.2, 0.25) is 0 Å². The number of aryl methyl sites for hydroxylation is 2. The van der Waals surface area contributed by atoms with Gasteiger partial charge in [0, 0.05) is 25.6 Å². The smallest absolute Gasteiger partial charge is 0.290 e. The molecule has 2 aliphatic heterocycles. The standard InChI is InChI=1S/C16H19N3O.CH2O2/c1-2-4-14-11-19-15(6-5-12(14)3-1)17-18-16(19)13-7-9-20-10-8-13;2-1-3/h1-4,13H,5-11H2;1H,(H,2,3). The van der Waals surface area contributed by atoms with Crippen LogP contribution in [0, 0.1) is 0 Å². The highest BCUT2D eigenvalue weighted by Gasteiger charge is 2.25. The molecule has 0 aliphatic carbocycles. The fourth-order valence-electron chi connectivity index (χ4n) is 3.34. The predicted octanol–water partition coefficient (Wildman–Crippen LogP) is 2.02. The van der Waals surface area contributed by atoms with E-state index in [1.807, 2.05) is 0 Å². The maximum Gasteiger partial charge on any atom is 0.290 e. The molecule has 2 aromatic rings. The summed E-state index contributed by atoms with van der Waals surface area (Å²) in [5.41, 5.74) is 2.87. The van der Waals surface area contributed by atoms with Crippen LogP contribution in [0.1, 0.15) is 41.5 Å². The molecule has 1 saturated heterocycles. The Hall–Kier alpha value is -2.21. The van der Waals surface area contributed by atoms with Gasteiger partial charge in [-0.3, -0.25) is 4.79 Å². The van der Waals surface area contributed by atoms with Crippen molar-refractivity contribution in [1.82, 2.24) is 14.8 Å². The number of nitrogens with zero attached hydrogens (tertiary/aromatic N) is 3. The van der Waals surface area contributed by atoms with Gasteiger partial charge in [0.15, 0.2) is 0 Å². The van der Waals surface area contributed by atoms with Gasteiger partial charge in [0.1, 0.15) is 11.6 Å². The van der Waals surface area contributed by atoms with Crippen LogP contribution in [-0.2, 0) is 28.9 Å². The van der Waals surface area contributed by atoms with Crippen LogP contribution in [0.5, 0.6) is 0 Å². The number of carbonyl (C=O) groups is 1. The molecule has 6 nitrogen and oxygen atoms in total. The van der Waals surface area contributed by atoms with Gasteiger partial charge in [-0.05, 0) is 30.4 Å². The zero-order valence-corrected chi connectivity index (χ0v) is 13.0. The highest BCUT2D eigenvalue weighted by molar-refractivity contribution is 5.32. The summed E-state index contributed by atoms with van der Waals surface area (Å²) < 4.78 is 7.81. The third-order valence-electron chi connectivity index (χ3n) is 4.51. The summed E-state index contributed by atoms with van der Waals surface area (Å²) in [6, 6.07) is 8.73. The molecule has 1 aromatic heterocycles. The molecular formula is C17H21N3O3. The summed E-state index contributed by atoms with van der Waals surface area (Å²) >= 11 is 0. The molecule has 2 aliphatic rings. The lowest BCUT2D eigenvalue weighted by atomic mass is 9.99. The molecule has 4 rings (SSSR count). The highest BCUT2D eigenvalue weighted by atomic mass is 16.5. The number of rotatable bonds is 1. The molecule has 6 heteroatoms. The van der Waals surface area contributed by atoms with Gasteiger partial charge in [-0.1, -0.05) is 24.3 Å². The van der Waals surface area contributed by atoms with E-state index >= 15 is 0 Å². The van der Waals surface area contributed by atoms with Gasteiger partial charge in [0.25, 0.3) is 6.47 Å². The van der Waals surface area contributed by atoms with E-state index in [0.717, 1.165) is 51.3 Å². The Labute approximate surface area is 135 Å². The first-order valence-electron chi connectivity index (χ1n) is 7.98. The predicted molar refractivity (Wildman–Crippen MR) is 84.5 cm³/mol. The third-order valence-corrected chi connectivity index (χ3v) is 4.51. The summed E-state index contributed by atoms with van der Waals surface area (Å²) in [4.78, 5) is 8.36. The first-order chi connectivity index (χ1) is 11.3. The SMILES string of the molecule is O=CO.c1ccc2c(c1)CCc1nnc(C3CCOCC3)n1C2. The number of benzene rings is 1. The number of aromatic nitrogens is 3. The Balaban J connectivity index is 0.000000485. The molecule has 23 heavy (non-hydrogen) atoms. The summed E-state index contributed by atoms with van der Waals surface area (Å²) in [5, 5.41) is 15.8. The summed E-state index contributed by atoms with van der Waals surface area (Å²) in [5.74, 6) is 2.82. The molecule has 0 amide bonds. The van der Waals surface area contributed by atoms with Crippen molar-refractivity contribution >= 4 is 6.47 Å². The van der Waals surface area contributed by atoms with E-state index < -0.39 is 0 Å². The highest BCUT2D eigenvalue weighted by Crippen LogP contribution is 2.28. The first kappa shape index (κ1) is 15.7. The molecule has 1 fully saturated rings. The van der Waals surface area contributed by atoms with Crippen molar-refractivity contribution in [1.29, 1.82) is 0 Å². The van der Waals surface area contributed by atoms with E-state index in [-0.39, 0.29) is 6.47 Å². The van der Waals surface area contributed by atoms with Gasteiger partial charge in [-0.25, -0.2) is 0 Å². The van der Waals surface area contributed by atoms with Crippen molar-refractivity contribution in [3.05, 3.63) is 47.0 Å². The second-order valence-electron chi connectivity index (χ2n) is 5.82. The van der Waals surface area contributed by atoms with Crippen molar-refractivity contribution in [3.63, 3.8) is 0 Å². The van der Waals surface area contributed by atoms with Crippen molar-refractivity contribution < 1.29 is 14.6 Å². The number of carboxylic acid groups (broad SMARTS) is 1. The minimum atomic E-state index is -0.250. The maximum atomic E-state index is 8.36. The molecule has 0 spiro atoms. The van der Waals surface area contributed by atoms with Crippen LogP contribution >= 0.6 is 0 Å².